The minimum absolute atomic E-state index is 0.0430. The number of benzene rings is 1. The highest BCUT2D eigenvalue weighted by atomic mass is 32.1. The van der Waals surface area contributed by atoms with Gasteiger partial charge >= 0.3 is 5.97 Å². The highest BCUT2D eigenvalue weighted by molar-refractivity contribution is 7.13. The van der Waals surface area contributed by atoms with Crippen LogP contribution < -0.4 is 5.73 Å². The van der Waals surface area contributed by atoms with Crippen LogP contribution in [0.4, 0.5) is 11.5 Å². The summed E-state index contributed by atoms with van der Waals surface area (Å²) in [6.07, 6.45) is 0. The van der Waals surface area contributed by atoms with Crippen molar-refractivity contribution in [2.45, 2.75) is 6.92 Å². The number of rotatable bonds is 5. The minimum Gasteiger partial charge on any atom is -0.462 e. The second kappa shape index (κ2) is 6.73. The number of nitrogens with two attached hydrogens (primary N) is 1. The highest BCUT2D eigenvalue weighted by Crippen LogP contribution is 2.32. The summed E-state index contributed by atoms with van der Waals surface area (Å²) in [5, 5.41) is 17.1. The number of esters is 1. The van der Waals surface area contributed by atoms with Gasteiger partial charge in [-0.05, 0) is 30.5 Å². The van der Waals surface area contributed by atoms with Crippen molar-refractivity contribution in [2.75, 3.05) is 12.3 Å². The Hall–Kier alpha value is -3.20. The normalized spacial score (nSPS) is 10.6. The first-order chi connectivity index (χ1) is 12.0. The number of nitrogens with zero attached hydrogens (tertiary/aromatic N) is 3. The lowest BCUT2D eigenvalue weighted by molar-refractivity contribution is -0.384. The van der Waals surface area contributed by atoms with Crippen molar-refractivity contribution in [1.29, 1.82) is 0 Å². The molecule has 3 rings (SSSR count). The zero-order valence-electron chi connectivity index (χ0n) is 13.2. The molecule has 0 saturated heterocycles. The van der Waals surface area contributed by atoms with Gasteiger partial charge < -0.3 is 10.5 Å². The third kappa shape index (κ3) is 3.09. The first-order valence-electron chi connectivity index (χ1n) is 7.37. The molecule has 0 fully saturated rings. The molecule has 0 unspecified atom stereocenters. The van der Waals surface area contributed by atoms with E-state index in [0.717, 1.165) is 4.88 Å². The molecule has 0 aliphatic rings. The number of anilines is 1. The fourth-order valence-electron chi connectivity index (χ4n) is 2.33. The van der Waals surface area contributed by atoms with E-state index in [1.807, 2.05) is 17.5 Å². The SMILES string of the molecule is CCOC(=O)c1c(-c2cccs2)nn(-c2ccc([N+](=O)[O-])cc2)c1N. The summed E-state index contributed by atoms with van der Waals surface area (Å²) in [6, 6.07) is 9.42. The van der Waals surface area contributed by atoms with E-state index < -0.39 is 10.9 Å². The van der Waals surface area contributed by atoms with Gasteiger partial charge in [-0.3, -0.25) is 10.1 Å². The Morgan fingerprint density at radius 3 is 2.64 bits per heavy atom. The predicted octanol–water partition coefficient (Wildman–Crippen LogP) is 3.27. The maximum Gasteiger partial charge on any atom is 0.344 e. The average molecular weight is 358 g/mol. The van der Waals surface area contributed by atoms with E-state index in [0.29, 0.717) is 11.4 Å². The van der Waals surface area contributed by atoms with Crippen LogP contribution >= 0.6 is 11.3 Å². The van der Waals surface area contributed by atoms with Gasteiger partial charge in [-0.15, -0.1) is 11.3 Å². The molecule has 1 aromatic carbocycles. The first kappa shape index (κ1) is 16.7. The average Bonchev–Trinajstić information content (AvgIpc) is 3.22. The van der Waals surface area contributed by atoms with Crippen LogP contribution in [0, 0.1) is 10.1 Å². The topological polar surface area (TPSA) is 113 Å². The largest absolute Gasteiger partial charge is 0.462 e. The molecule has 9 heteroatoms. The van der Waals surface area contributed by atoms with Gasteiger partial charge in [0.1, 0.15) is 17.1 Å². The van der Waals surface area contributed by atoms with Crippen LogP contribution in [0.3, 0.4) is 0 Å². The van der Waals surface area contributed by atoms with Gasteiger partial charge in [0.05, 0.1) is 22.1 Å². The molecule has 0 amide bonds. The number of nitro groups is 1. The maximum absolute atomic E-state index is 12.3. The zero-order valence-corrected chi connectivity index (χ0v) is 14.0. The molecule has 2 aromatic heterocycles. The summed E-state index contributed by atoms with van der Waals surface area (Å²) in [5.41, 5.74) is 7.21. The summed E-state index contributed by atoms with van der Waals surface area (Å²) in [6.45, 7) is 1.92. The van der Waals surface area contributed by atoms with Crippen LogP contribution in [-0.2, 0) is 4.74 Å². The van der Waals surface area contributed by atoms with Gasteiger partial charge in [-0.1, -0.05) is 6.07 Å². The van der Waals surface area contributed by atoms with Gasteiger partial charge in [-0.25, -0.2) is 9.48 Å². The third-order valence-corrected chi connectivity index (χ3v) is 4.34. The Labute approximate surface area is 146 Å². The molecule has 128 valence electrons. The van der Waals surface area contributed by atoms with Crippen molar-refractivity contribution in [3.63, 3.8) is 0 Å². The fourth-order valence-corrected chi connectivity index (χ4v) is 3.05. The van der Waals surface area contributed by atoms with E-state index in [1.54, 1.807) is 6.92 Å². The van der Waals surface area contributed by atoms with Gasteiger partial charge in [0.2, 0.25) is 0 Å². The number of aromatic nitrogens is 2. The molecule has 3 aromatic rings. The van der Waals surface area contributed by atoms with Crippen LogP contribution in [0.5, 0.6) is 0 Å². The summed E-state index contributed by atoms with van der Waals surface area (Å²) < 4.78 is 6.47. The maximum atomic E-state index is 12.3. The lowest BCUT2D eigenvalue weighted by Gasteiger charge is -2.05. The van der Waals surface area contributed by atoms with Gasteiger partial charge in [0.15, 0.2) is 0 Å². The quantitative estimate of drug-likeness (QED) is 0.425. The first-order valence-corrected chi connectivity index (χ1v) is 8.25. The number of thiophene rings is 1. The molecule has 8 nitrogen and oxygen atoms in total. The van der Waals surface area contributed by atoms with Crippen molar-refractivity contribution in [2.24, 2.45) is 0 Å². The minimum atomic E-state index is -0.559. The van der Waals surface area contributed by atoms with E-state index in [-0.39, 0.29) is 23.7 Å². The van der Waals surface area contributed by atoms with Crippen molar-refractivity contribution >= 4 is 28.8 Å². The standard InChI is InChI=1S/C16H14N4O4S/c1-2-24-16(21)13-14(12-4-3-9-25-12)18-19(15(13)17)10-5-7-11(8-6-10)20(22)23/h3-9H,2,17H2,1H3. The van der Waals surface area contributed by atoms with Crippen molar-refractivity contribution in [1.82, 2.24) is 9.78 Å². The second-order valence-corrected chi connectivity index (χ2v) is 5.94. The molecule has 0 radical (unpaired) electrons. The van der Waals surface area contributed by atoms with Crippen LogP contribution in [0.2, 0.25) is 0 Å². The number of nitro benzene ring substituents is 1. The van der Waals surface area contributed by atoms with Crippen LogP contribution in [-0.4, -0.2) is 27.3 Å². The third-order valence-electron chi connectivity index (χ3n) is 3.46. The number of nitrogen functional groups attached to an aromatic ring is 1. The molecule has 0 saturated carbocycles. The molecular formula is C16H14N4O4S. The molecule has 25 heavy (non-hydrogen) atoms. The molecule has 0 aliphatic carbocycles. The van der Waals surface area contributed by atoms with E-state index in [2.05, 4.69) is 5.10 Å². The molecule has 0 atom stereocenters. The number of carbonyl (C=O) groups excluding carboxylic acids is 1. The van der Waals surface area contributed by atoms with Crippen LogP contribution in [0.15, 0.2) is 41.8 Å². The smallest absolute Gasteiger partial charge is 0.344 e. The number of non-ortho nitro benzene ring substituents is 1. The summed E-state index contributed by atoms with van der Waals surface area (Å²) >= 11 is 1.42. The molecule has 0 spiro atoms. The van der Waals surface area contributed by atoms with E-state index in [1.165, 1.54) is 40.3 Å². The lowest BCUT2D eigenvalue weighted by Crippen LogP contribution is -2.09. The van der Waals surface area contributed by atoms with E-state index >= 15 is 0 Å². The van der Waals surface area contributed by atoms with Gasteiger partial charge in [0, 0.05) is 12.1 Å². The van der Waals surface area contributed by atoms with Gasteiger partial charge in [-0.2, -0.15) is 5.10 Å². The summed E-state index contributed by atoms with van der Waals surface area (Å²) in [5.74, 6) is -0.438. The number of hydrogen-bond donors (Lipinski definition) is 1. The zero-order chi connectivity index (χ0) is 18.0. The number of carbonyl (C=O) groups is 1. The Kier molecular flexibility index (Phi) is 4.48. The Morgan fingerprint density at radius 1 is 1.36 bits per heavy atom. The Balaban J connectivity index is 2.13. The Morgan fingerprint density at radius 2 is 2.08 bits per heavy atom. The van der Waals surface area contributed by atoms with E-state index in [9.17, 15) is 14.9 Å². The molecular weight excluding hydrogens is 344 g/mol. The van der Waals surface area contributed by atoms with Gasteiger partial charge in [0.25, 0.3) is 5.69 Å². The molecule has 2 heterocycles. The van der Waals surface area contributed by atoms with Crippen LogP contribution in [0.25, 0.3) is 16.3 Å². The Bertz CT molecular complexity index is 917. The van der Waals surface area contributed by atoms with E-state index in [4.69, 9.17) is 10.5 Å². The number of ether oxygens (including phenoxy) is 1. The lowest BCUT2D eigenvalue weighted by atomic mass is 10.2. The fraction of sp³-hybridized carbons (Fsp3) is 0.125. The monoisotopic (exact) mass is 358 g/mol. The molecule has 2 N–H and O–H groups in total. The summed E-state index contributed by atoms with van der Waals surface area (Å²) in [7, 11) is 0. The molecule has 0 aliphatic heterocycles. The summed E-state index contributed by atoms with van der Waals surface area (Å²) in [4.78, 5) is 23.4. The number of hydrogen-bond acceptors (Lipinski definition) is 7. The van der Waals surface area contributed by atoms with Crippen molar-refractivity contribution in [3.8, 4) is 16.3 Å². The van der Waals surface area contributed by atoms with Crippen molar-refractivity contribution in [3.05, 3.63) is 57.5 Å². The second-order valence-electron chi connectivity index (χ2n) is 4.99. The predicted molar refractivity (Wildman–Crippen MR) is 93.9 cm³/mol. The molecule has 0 bridgehead atoms. The van der Waals surface area contributed by atoms with Crippen molar-refractivity contribution < 1.29 is 14.5 Å². The van der Waals surface area contributed by atoms with Crippen LogP contribution in [0.1, 0.15) is 17.3 Å². The highest BCUT2D eigenvalue weighted by Gasteiger charge is 2.25.